The molecule has 0 fully saturated rings. The van der Waals surface area contributed by atoms with Crippen molar-refractivity contribution in [3.8, 4) is 0 Å². The quantitative estimate of drug-likeness (QED) is 0.684. The SMILES string of the molecule is CC1=CCC(C(C)C=CCO)C1(C)C. The Morgan fingerprint density at radius 2 is 2.29 bits per heavy atom. The minimum absolute atomic E-state index is 0.157. The highest BCUT2D eigenvalue weighted by Crippen LogP contribution is 2.46. The summed E-state index contributed by atoms with van der Waals surface area (Å²) in [6.07, 6.45) is 7.52. The fraction of sp³-hybridized carbons (Fsp3) is 0.692. The molecule has 1 N–H and O–H groups in total. The number of allylic oxidation sites excluding steroid dienone is 3. The smallest absolute Gasteiger partial charge is 0.0612 e. The van der Waals surface area contributed by atoms with E-state index in [1.807, 2.05) is 6.08 Å². The standard InChI is InChI=1S/C13H22O/c1-10(6-5-9-14)12-8-7-11(2)13(12,3)4/h5-7,10,12,14H,8-9H2,1-4H3. The summed E-state index contributed by atoms with van der Waals surface area (Å²) in [5.41, 5.74) is 1.82. The van der Waals surface area contributed by atoms with E-state index in [2.05, 4.69) is 39.8 Å². The monoisotopic (exact) mass is 194 g/mol. The molecular formula is C13H22O. The van der Waals surface area contributed by atoms with Crippen LogP contribution in [0.5, 0.6) is 0 Å². The zero-order valence-electron chi connectivity index (χ0n) is 9.75. The highest BCUT2D eigenvalue weighted by atomic mass is 16.2. The Morgan fingerprint density at radius 1 is 1.64 bits per heavy atom. The maximum absolute atomic E-state index is 8.74. The van der Waals surface area contributed by atoms with Gasteiger partial charge < -0.3 is 5.11 Å². The van der Waals surface area contributed by atoms with Crippen LogP contribution in [0.2, 0.25) is 0 Å². The van der Waals surface area contributed by atoms with Crippen molar-refractivity contribution in [3.05, 3.63) is 23.8 Å². The van der Waals surface area contributed by atoms with E-state index < -0.39 is 0 Å². The van der Waals surface area contributed by atoms with Gasteiger partial charge in [0.1, 0.15) is 0 Å². The van der Waals surface area contributed by atoms with E-state index in [1.54, 1.807) is 0 Å². The van der Waals surface area contributed by atoms with Crippen molar-refractivity contribution in [2.45, 2.75) is 34.1 Å². The van der Waals surface area contributed by atoms with Crippen molar-refractivity contribution in [2.75, 3.05) is 6.61 Å². The lowest BCUT2D eigenvalue weighted by Gasteiger charge is -2.33. The van der Waals surface area contributed by atoms with Gasteiger partial charge in [-0.1, -0.05) is 44.6 Å². The first-order valence-electron chi connectivity index (χ1n) is 5.45. The molecule has 0 bridgehead atoms. The summed E-state index contributed by atoms with van der Waals surface area (Å²) in [5.74, 6) is 1.23. The van der Waals surface area contributed by atoms with Crippen LogP contribution in [-0.4, -0.2) is 11.7 Å². The largest absolute Gasteiger partial charge is 0.392 e. The first-order chi connectivity index (χ1) is 6.50. The number of aliphatic hydroxyl groups is 1. The van der Waals surface area contributed by atoms with Gasteiger partial charge in [-0.25, -0.2) is 0 Å². The first-order valence-corrected chi connectivity index (χ1v) is 5.45. The second-order valence-electron chi connectivity index (χ2n) is 4.92. The Bertz CT molecular complexity index is 248. The number of hydrogen-bond acceptors (Lipinski definition) is 1. The van der Waals surface area contributed by atoms with Crippen LogP contribution in [0, 0.1) is 17.3 Å². The average molecular weight is 194 g/mol. The molecule has 1 heteroatoms. The summed E-state index contributed by atoms with van der Waals surface area (Å²) in [7, 11) is 0. The van der Waals surface area contributed by atoms with Gasteiger partial charge in [0, 0.05) is 0 Å². The summed E-state index contributed by atoms with van der Waals surface area (Å²) in [6, 6.07) is 0. The second kappa shape index (κ2) is 4.31. The Balaban J connectivity index is 2.68. The maximum Gasteiger partial charge on any atom is 0.0612 e. The Labute approximate surface area is 87.5 Å². The number of aliphatic hydroxyl groups excluding tert-OH is 1. The molecule has 2 atom stereocenters. The van der Waals surface area contributed by atoms with Crippen molar-refractivity contribution in [3.63, 3.8) is 0 Å². The van der Waals surface area contributed by atoms with Crippen LogP contribution in [0.4, 0.5) is 0 Å². The highest BCUT2D eigenvalue weighted by Gasteiger charge is 2.36. The molecule has 2 unspecified atom stereocenters. The third-order valence-corrected chi connectivity index (χ3v) is 3.80. The van der Waals surface area contributed by atoms with Crippen LogP contribution in [-0.2, 0) is 0 Å². The summed E-state index contributed by atoms with van der Waals surface area (Å²) in [5, 5.41) is 8.74. The lowest BCUT2D eigenvalue weighted by Crippen LogP contribution is -2.25. The van der Waals surface area contributed by atoms with Crippen LogP contribution in [0.25, 0.3) is 0 Å². The molecule has 0 aromatic carbocycles. The summed E-state index contributed by atoms with van der Waals surface area (Å²) in [6.45, 7) is 9.26. The van der Waals surface area contributed by atoms with Crippen molar-refractivity contribution in [2.24, 2.45) is 17.3 Å². The summed E-state index contributed by atoms with van der Waals surface area (Å²) >= 11 is 0. The number of rotatable bonds is 3. The van der Waals surface area contributed by atoms with Crippen molar-refractivity contribution in [1.82, 2.24) is 0 Å². The molecule has 0 spiro atoms. The molecule has 80 valence electrons. The molecule has 1 aliphatic rings. The van der Waals surface area contributed by atoms with Gasteiger partial charge in [-0.3, -0.25) is 0 Å². The van der Waals surface area contributed by atoms with E-state index in [9.17, 15) is 0 Å². The molecule has 1 rings (SSSR count). The molecule has 0 aromatic rings. The molecule has 0 aromatic heterocycles. The maximum atomic E-state index is 8.74. The molecule has 0 amide bonds. The van der Waals surface area contributed by atoms with Crippen LogP contribution >= 0.6 is 0 Å². The molecule has 0 radical (unpaired) electrons. The van der Waals surface area contributed by atoms with Crippen molar-refractivity contribution in [1.29, 1.82) is 0 Å². The minimum atomic E-state index is 0.157. The highest BCUT2D eigenvalue weighted by molar-refractivity contribution is 5.20. The molecule has 1 aliphatic carbocycles. The van der Waals surface area contributed by atoms with Crippen LogP contribution in [0.1, 0.15) is 34.1 Å². The molecule has 0 saturated carbocycles. The Kier molecular flexibility index (Phi) is 3.54. The topological polar surface area (TPSA) is 20.2 Å². The van der Waals surface area contributed by atoms with Gasteiger partial charge in [-0.15, -0.1) is 0 Å². The van der Waals surface area contributed by atoms with Gasteiger partial charge in [-0.05, 0) is 30.6 Å². The normalized spacial score (nSPS) is 28.1. The molecule has 0 aliphatic heterocycles. The molecule has 1 nitrogen and oxygen atoms in total. The number of hydrogen-bond donors (Lipinski definition) is 1. The summed E-state index contributed by atoms with van der Waals surface area (Å²) < 4.78 is 0. The van der Waals surface area contributed by atoms with E-state index >= 15 is 0 Å². The molecular weight excluding hydrogens is 172 g/mol. The zero-order chi connectivity index (χ0) is 10.8. The predicted octanol–water partition coefficient (Wildman–Crippen LogP) is 3.16. The van der Waals surface area contributed by atoms with Gasteiger partial charge in [0.15, 0.2) is 0 Å². The lowest BCUT2D eigenvalue weighted by molar-refractivity contribution is 0.238. The van der Waals surface area contributed by atoms with E-state index in [0.29, 0.717) is 17.3 Å². The molecule has 0 heterocycles. The van der Waals surface area contributed by atoms with Crippen LogP contribution in [0.3, 0.4) is 0 Å². The minimum Gasteiger partial charge on any atom is -0.392 e. The van der Waals surface area contributed by atoms with Gasteiger partial charge >= 0.3 is 0 Å². The third kappa shape index (κ3) is 2.09. The van der Waals surface area contributed by atoms with E-state index in [1.165, 1.54) is 12.0 Å². The average Bonchev–Trinajstić information content (AvgIpc) is 2.38. The molecule has 14 heavy (non-hydrogen) atoms. The van der Waals surface area contributed by atoms with E-state index in [4.69, 9.17) is 5.11 Å². The second-order valence-corrected chi connectivity index (χ2v) is 4.92. The van der Waals surface area contributed by atoms with Crippen LogP contribution in [0.15, 0.2) is 23.8 Å². The zero-order valence-corrected chi connectivity index (χ0v) is 9.75. The first kappa shape index (κ1) is 11.5. The van der Waals surface area contributed by atoms with E-state index in [0.717, 1.165) is 0 Å². The predicted molar refractivity (Wildman–Crippen MR) is 61.0 cm³/mol. The van der Waals surface area contributed by atoms with E-state index in [-0.39, 0.29) is 6.61 Å². The van der Waals surface area contributed by atoms with Gasteiger partial charge in [0.25, 0.3) is 0 Å². The summed E-state index contributed by atoms with van der Waals surface area (Å²) in [4.78, 5) is 0. The fourth-order valence-electron chi connectivity index (χ4n) is 2.44. The van der Waals surface area contributed by atoms with Gasteiger partial charge in [-0.2, -0.15) is 0 Å². The lowest BCUT2D eigenvalue weighted by atomic mass is 9.72. The Morgan fingerprint density at radius 3 is 2.71 bits per heavy atom. The van der Waals surface area contributed by atoms with Crippen molar-refractivity contribution >= 4 is 0 Å². The third-order valence-electron chi connectivity index (χ3n) is 3.80. The van der Waals surface area contributed by atoms with Gasteiger partial charge in [0.05, 0.1) is 6.61 Å². The molecule has 0 saturated heterocycles. The Hall–Kier alpha value is -0.560. The van der Waals surface area contributed by atoms with Crippen molar-refractivity contribution < 1.29 is 5.11 Å². The van der Waals surface area contributed by atoms with Gasteiger partial charge in [0.2, 0.25) is 0 Å². The fourth-order valence-corrected chi connectivity index (χ4v) is 2.44. The van der Waals surface area contributed by atoms with Crippen LogP contribution < -0.4 is 0 Å².